The first kappa shape index (κ1) is 18.7. The van der Waals surface area contributed by atoms with Crippen molar-refractivity contribution >= 4 is 23.2 Å². The van der Waals surface area contributed by atoms with Gasteiger partial charge in [-0.1, -0.05) is 6.92 Å². The van der Waals surface area contributed by atoms with Crippen LogP contribution in [0.15, 0.2) is 24.3 Å². The number of hydrogen-bond acceptors (Lipinski definition) is 3. The summed E-state index contributed by atoms with van der Waals surface area (Å²) >= 11 is 5.50. The number of ether oxygens (including phenoxy) is 1. The maximum absolute atomic E-state index is 12.6. The van der Waals surface area contributed by atoms with E-state index in [1.54, 1.807) is 12.1 Å². The first-order valence-corrected chi connectivity index (χ1v) is 10.8. The van der Waals surface area contributed by atoms with Crippen molar-refractivity contribution in [3.63, 3.8) is 0 Å². The molecule has 27 heavy (non-hydrogen) atoms. The second-order valence-corrected chi connectivity index (χ2v) is 9.38. The molecular formula is C22H30N2O2S. The van der Waals surface area contributed by atoms with Crippen molar-refractivity contribution in [3.05, 3.63) is 29.8 Å². The van der Waals surface area contributed by atoms with Gasteiger partial charge in [0.05, 0.1) is 6.10 Å². The minimum atomic E-state index is -0.160. The number of carbonyl (C=O) groups is 1. The van der Waals surface area contributed by atoms with E-state index in [9.17, 15) is 4.79 Å². The minimum absolute atomic E-state index is 0.118. The summed E-state index contributed by atoms with van der Waals surface area (Å²) in [7, 11) is 0. The van der Waals surface area contributed by atoms with E-state index in [1.165, 1.54) is 38.5 Å². The van der Waals surface area contributed by atoms with Crippen LogP contribution in [0, 0.1) is 17.8 Å². The van der Waals surface area contributed by atoms with E-state index < -0.39 is 0 Å². The zero-order valence-corrected chi connectivity index (χ0v) is 17.1. The highest BCUT2D eigenvalue weighted by molar-refractivity contribution is 7.80. The minimum Gasteiger partial charge on any atom is -0.491 e. The molecule has 146 valence electrons. The molecule has 4 aliphatic rings. The summed E-state index contributed by atoms with van der Waals surface area (Å²) in [6, 6.07) is 7.27. The summed E-state index contributed by atoms with van der Waals surface area (Å²) in [5.41, 5.74) is 0.716. The highest BCUT2D eigenvalue weighted by Gasteiger charge is 2.51. The van der Waals surface area contributed by atoms with Gasteiger partial charge in [-0.25, -0.2) is 0 Å². The molecule has 4 saturated carbocycles. The fourth-order valence-corrected chi connectivity index (χ4v) is 6.02. The SMILES string of the molecule is CCC(C)Oc1ccc(C(=O)NC(=S)NC23CC4CC(CC(C4)C2)C3)cc1. The van der Waals surface area contributed by atoms with Crippen LogP contribution in [0.3, 0.4) is 0 Å². The molecule has 0 aliphatic heterocycles. The first-order chi connectivity index (χ1) is 12.9. The normalized spacial score (nSPS) is 32.0. The third-order valence-electron chi connectivity index (χ3n) is 6.67. The summed E-state index contributed by atoms with van der Waals surface area (Å²) in [5.74, 6) is 3.17. The Kier molecular flexibility index (Phi) is 5.15. The molecule has 1 aromatic carbocycles. The quantitative estimate of drug-likeness (QED) is 0.735. The highest BCUT2D eigenvalue weighted by atomic mass is 32.1. The summed E-state index contributed by atoms with van der Waals surface area (Å²) in [5, 5.41) is 6.90. The van der Waals surface area contributed by atoms with Gasteiger partial charge < -0.3 is 10.1 Å². The molecule has 4 fully saturated rings. The fraction of sp³-hybridized carbons (Fsp3) is 0.636. The van der Waals surface area contributed by atoms with E-state index in [2.05, 4.69) is 17.6 Å². The summed E-state index contributed by atoms with van der Waals surface area (Å²) in [6.45, 7) is 4.12. The molecule has 0 aromatic heterocycles. The number of benzene rings is 1. The van der Waals surface area contributed by atoms with Crippen molar-refractivity contribution in [1.29, 1.82) is 0 Å². The number of amides is 1. The van der Waals surface area contributed by atoms with Crippen LogP contribution in [-0.4, -0.2) is 22.7 Å². The maximum Gasteiger partial charge on any atom is 0.257 e. The smallest absolute Gasteiger partial charge is 0.257 e. The third kappa shape index (κ3) is 4.13. The predicted octanol–water partition coefficient (Wildman–Crippen LogP) is 4.44. The number of thiocarbonyl (C=S) groups is 1. The van der Waals surface area contributed by atoms with Gasteiger partial charge in [0.25, 0.3) is 5.91 Å². The first-order valence-electron chi connectivity index (χ1n) is 10.3. The van der Waals surface area contributed by atoms with E-state index >= 15 is 0 Å². The molecule has 0 heterocycles. The Labute approximate surface area is 167 Å². The molecule has 1 amide bonds. The highest BCUT2D eigenvalue weighted by Crippen LogP contribution is 2.55. The van der Waals surface area contributed by atoms with Crippen LogP contribution in [0.1, 0.15) is 69.2 Å². The summed E-state index contributed by atoms with van der Waals surface area (Å²) in [4.78, 5) is 12.6. The van der Waals surface area contributed by atoms with Gasteiger partial charge in [-0.15, -0.1) is 0 Å². The molecule has 1 unspecified atom stereocenters. The van der Waals surface area contributed by atoms with Gasteiger partial charge in [-0.2, -0.15) is 0 Å². The van der Waals surface area contributed by atoms with E-state index in [-0.39, 0.29) is 17.6 Å². The summed E-state index contributed by atoms with van der Waals surface area (Å²) < 4.78 is 5.77. The Morgan fingerprint density at radius 2 is 1.70 bits per heavy atom. The van der Waals surface area contributed by atoms with Crippen LogP contribution in [0.5, 0.6) is 5.75 Å². The number of carbonyl (C=O) groups excluding carboxylic acids is 1. The van der Waals surface area contributed by atoms with Gasteiger partial charge in [0, 0.05) is 11.1 Å². The lowest BCUT2D eigenvalue weighted by atomic mass is 9.53. The van der Waals surface area contributed by atoms with Crippen molar-refractivity contribution < 1.29 is 9.53 Å². The van der Waals surface area contributed by atoms with E-state index in [1.807, 2.05) is 19.1 Å². The van der Waals surface area contributed by atoms with Gasteiger partial charge in [-0.05, 0) is 106 Å². The topological polar surface area (TPSA) is 50.4 Å². The Hall–Kier alpha value is -1.62. The molecule has 5 heteroatoms. The standard InChI is InChI=1S/C22H30N2O2S/c1-3-14(2)26-19-6-4-18(5-7-19)20(25)23-21(27)24-22-11-15-8-16(12-22)10-17(9-15)13-22/h4-7,14-17H,3,8-13H2,1-2H3,(H2,23,24,25,27). The zero-order chi connectivity index (χ0) is 19.0. The van der Waals surface area contributed by atoms with Crippen LogP contribution in [0.4, 0.5) is 0 Å². The predicted molar refractivity (Wildman–Crippen MR) is 111 cm³/mol. The number of nitrogens with one attached hydrogen (secondary N) is 2. The molecule has 4 nitrogen and oxygen atoms in total. The number of hydrogen-bond donors (Lipinski definition) is 2. The van der Waals surface area contributed by atoms with E-state index in [4.69, 9.17) is 17.0 Å². The Balaban J connectivity index is 1.34. The van der Waals surface area contributed by atoms with Crippen molar-refractivity contribution in [2.45, 2.75) is 70.4 Å². The van der Waals surface area contributed by atoms with Gasteiger partial charge in [-0.3, -0.25) is 10.1 Å². The van der Waals surface area contributed by atoms with Crippen LogP contribution < -0.4 is 15.4 Å². The van der Waals surface area contributed by atoms with Crippen molar-refractivity contribution in [2.75, 3.05) is 0 Å². The zero-order valence-electron chi connectivity index (χ0n) is 16.3. The molecule has 4 bridgehead atoms. The van der Waals surface area contributed by atoms with Crippen molar-refractivity contribution in [1.82, 2.24) is 10.6 Å². The second kappa shape index (κ2) is 7.42. The molecule has 2 N–H and O–H groups in total. The Morgan fingerprint density at radius 1 is 1.15 bits per heavy atom. The maximum atomic E-state index is 12.6. The van der Waals surface area contributed by atoms with Crippen molar-refractivity contribution in [3.8, 4) is 5.75 Å². The summed E-state index contributed by atoms with van der Waals surface area (Å²) in [6.07, 6.45) is 8.92. The van der Waals surface area contributed by atoms with E-state index in [0.29, 0.717) is 10.7 Å². The van der Waals surface area contributed by atoms with Crippen LogP contribution >= 0.6 is 12.2 Å². The molecule has 4 aliphatic carbocycles. The molecule has 1 atom stereocenters. The lowest BCUT2D eigenvalue weighted by Gasteiger charge is -2.57. The molecule has 5 rings (SSSR count). The van der Waals surface area contributed by atoms with Gasteiger partial charge in [0.15, 0.2) is 5.11 Å². The van der Waals surface area contributed by atoms with Crippen molar-refractivity contribution in [2.24, 2.45) is 17.8 Å². The molecule has 0 saturated heterocycles. The Morgan fingerprint density at radius 3 is 2.22 bits per heavy atom. The molecular weight excluding hydrogens is 356 g/mol. The Bertz CT molecular complexity index is 680. The van der Waals surface area contributed by atoms with Gasteiger partial charge >= 0.3 is 0 Å². The van der Waals surface area contributed by atoms with Gasteiger partial charge in [0.2, 0.25) is 0 Å². The monoisotopic (exact) mass is 386 g/mol. The third-order valence-corrected chi connectivity index (χ3v) is 6.88. The van der Waals surface area contributed by atoms with Crippen LogP contribution in [-0.2, 0) is 0 Å². The lowest BCUT2D eigenvalue weighted by Crippen LogP contribution is -2.61. The molecule has 0 radical (unpaired) electrons. The average molecular weight is 387 g/mol. The molecule has 1 aromatic rings. The fourth-order valence-electron chi connectivity index (χ4n) is 5.71. The lowest BCUT2D eigenvalue weighted by molar-refractivity contribution is -0.0101. The number of rotatable bonds is 5. The van der Waals surface area contributed by atoms with Gasteiger partial charge in [0.1, 0.15) is 5.75 Å². The van der Waals surface area contributed by atoms with E-state index in [0.717, 1.165) is 29.9 Å². The van der Waals surface area contributed by atoms with Crippen LogP contribution in [0.25, 0.3) is 0 Å². The average Bonchev–Trinajstić information content (AvgIpc) is 2.60. The largest absolute Gasteiger partial charge is 0.491 e. The molecule has 0 spiro atoms. The second-order valence-electron chi connectivity index (χ2n) is 8.97. The van der Waals surface area contributed by atoms with Crippen LogP contribution in [0.2, 0.25) is 0 Å².